The molecular weight excluding hydrogens is 378 g/mol. The first-order valence-electron chi connectivity index (χ1n) is 8.95. The second-order valence-corrected chi connectivity index (χ2v) is 8.96. The highest BCUT2D eigenvalue weighted by molar-refractivity contribution is 8.02. The van der Waals surface area contributed by atoms with Gasteiger partial charge in [-0.15, -0.1) is 11.3 Å². The molecule has 1 atom stereocenters. The highest BCUT2D eigenvalue weighted by atomic mass is 32.2. The molecule has 5 nitrogen and oxygen atoms in total. The zero-order valence-corrected chi connectivity index (χ0v) is 16.7. The van der Waals surface area contributed by atoms with Crippen molar-refractivity contribution in [2.75, 3.05) is 36.5 Å². The van der Waals surface area contributed by atoms with E-state index < -0.39 is 0 Å². The van der Waals surface area contributed by atoms with Crippen molar-refractivity contribution in [2.24, 2.45) is 0 Å². The molecule has 0 bridgehead atoms. The van der Waals surface area contributed by atoms with Crippen molar-refractivity contribution in [3.8, 4) is 0 Å². The molecule has 0 unspecified atom stereocenters. The Labute approximate surface area is 166 Å². The molecule has 2 aromatic carbocycles. The summed E-state index contributed by atoms with van der Waals surface area (Å²) in [5.74, 6) is -0.0154. The number of hydrogen-bond acceptors (Lipinski definition) is 6. The van der Waals surface area contributed by atoms with Crippen LogP contribution in [0.3, 0.4) is 0 Å². The molecule has 140 valence electrons. The Morgan fingerprint density at radius 1 is 1.19 bits per heavy atom. The van der Waals surface area contributed by atoms with Crippen LogP contribution in [0, 0.1) is 0 Å². The van der Waals surface area contributed by atoms with Gasteiger partial charge < -0.3 is 15.0 Å². The number of anilines is 2. The van der Waals surface area contributed by atoms with E-state index in [0.717, 1.165) is 52.2 Å². The summed E-state index contributed by atoms with van der Waals surface area (Å²) in [6.45, 7) is 5.25. The quantitative estimate of drug-likeness (QED) is 0.650. The van der Waals surface area contributed by atoms with Gasteiger partial charge in [-0.05, 0) is 43.3 Å². The normalized spacial score (nSPS) is 15.7. The van der Waals surface area contributed by atoms with Gasteiger partial charge in [-0.25, -0.2) is 4.98 Å². The van der Waals surface area contributed by atoms with Gasteiger partial charge in [0.2, 0.25) is 5.91 Å². The molecule has 1 amide bonds. The summed E-state index contributed by atoms with van der Waals surface area (Å²) in [6, 6.07) is 16.0. The minimum Gasteiger partial charge on any atom is -0.378 e. The van der Waals surface area contributed by atoms with Crippen molar-refractivity contribution < 1.29 is 9.53 Å². The number of fused-ring (bicyclic) bond motifs is 1. The number of amides is 1. The number of carbonyl (C=O) groups excluding carboxylic acids is 1. The molecule has 1 saturated heterocycles. The number of nitrogens with one attached hydrogen (secondary N) is 1. The summed E-state index contributed by atoms with van der Waals surface area (Å²) in [5, 5.41) is 2.78. The molecule has 0 spiro atoms. The predicted molar refractivity (Wildman–Crippen MR) is 113 cm³/mol. The maximum absolute atomic E-state index is 12.5. The molecule has 2 heterocycles. The van der Waals surface area contributed by atoms with Gasteiger partial charge in [0.25, 0.3) is 0 Å². The molecule has 3 aromatic rings. The third-order valence-electron chi connectivity index (χ3n) is 4.43. The van der Waals surface area contributed by atoms with Crippen LogP contribution in [0.4, 0.5) is 11.4 Å². The molecule has 7 heteroatoms. The molecule has 1 aliphatic heterocycles. The Hall–Kier alpha value is -2.09. The van der Waals surface area contributed by atoms with Gasteiger partial charge in [-0.1, -0.05) is 23.9 Å². The lowest BCUT2D eigenvalue weighted by Crippen LogP contribution is -2.36. The van der Waals surface area contributed by atoms with E-state index in [-0.39, 0.29) is 11.2 Å². The Morgan fingerprint density at radius 3 is 2.67 bits per heavy atom. The van der Waals surface area contributed by atoms with Crippen LogP contribution in [0.2, 0.25) is 0 Å². The lowest BCUT2D eigenvalue weighted by molar-refractivity contribution is -0.115. The van der Waals surface area contributed by atoms with Crippen molar-refractivity contribution in [3.05, 3.63) is 48.5 Å². The van der Waals surface area contributed by atoms with Gasteiger partial charge in [0.1, 0.15) is 0 Å². The average molecular weight is 400 g/mol. The predicted octanol–water partition coefficient (Wildman–Crippen LogP) is 4.25. The molecular formula is C20H21N3O2S2. The third kappa shape index (κ3) is 4.43. The lowest BCUT2D eigenvalue weighted by atomic mass is 10.2. The van der Waals surface area contributed by atoms with Gasteiger partial charge in [0.15, 0.2) is 4.34 Å². The van der Waals surface area contributed by atoms with Crippen molar-refractivity contribution in [3.63, 3.8) is 0 Å². The number of nitrogens with zero attached hydrogens (tertiary/aromatic N) is 2. The summed E-state index contributed by atoms with van der Waals surface area (Å²) >= 11 is 3.12. The van der Waals surface area contributed by atoms with E-state index in [1.165, 1.54) is 11.8 Å². The molecule has 1 aromatic heterocycles. The van der Waals surface area contributed by atoms with Gasteiger partial charge in [0, 0.05) is 24.5 Å². The molecule has 1 N–H and O–H groups in total. The molecule has 0 saturated carbocycles. The van der Waals surface area contributed by atoms with E-state index in [4.69, 9.17) is 4.74 Å². The first kappa shape index (κ1) is 18.3. The summed E-state index contributed by atoms with van der Waals surface area (Å²) in [6.07, 6.45) is 0. The molecule has 27 heavy (non-hydrogen) atoms. The SMILES string of the molecule is C[C@H](Sc1nc2ccccc2s1)C(=O)Nc1ccc(N2CCOCC2)cc1. The first-order chi connectivity index (χ1) is 13.2. The van der Waals surface area contributed by atoms with Crippen molar-refractivity contribution in [2.45, 2.75) is 16.5 Å². The van der Waals surface area contributed by atoms with Crippen molar-refractivity contribution in [1.29, 1.82) is 0 Å². The minimum absolute atomic E-state index is 0.0154. The highest BCUT2D eigenvalue weighted by Crippen LogP contribution is 2.32. The number of carbonyl (C=O) groups is 1. The molecule has 1 fully saturated rings. The number of hydrogen-bond donors (Lipinski definition) is 1. The maximum Gasteiger partial charge on any atom is 0.237 e. The molecule has 0 aliphatic carbocycles. The third-order valence-corrected chi connectivity index (χ3v) is 6.66. The number of para-hydroxylation sites is 1. The Morgan fingerprint density at radius 2 is 1.93 bits per heavy atom. The van der Waals surface area contributed by atoms with Gasteiger partial charge in [0.05, 0.1) is 28.7 Å². The fraction of sp³-hybridized carbons (Fsp3) is 0.300. The van der Waals surface area contributed by atoms with Crippen LogP contribution in [0.25, 0.3) is 10.2 Å². The number of rotatable bonds is 5. The van der Waals surface area contributed by atoms with Gasteiger partial charge in [-0.2, -0.15) is 0 Å². The topological polar surface area (TPSA) is 54.5 Å². The zero-order chi connectivity index (χ0) is 18.6. The van der Waals surface area contributed by atoms with Crippen LogP contribution in [0.15, 0.2) is 52.9 Å². The van der Waals surface area contributed by atoms with Gasteiger partial charge >= 0.3 is 0 Å². The molecule has 0 radical (unpaired) electrons. The van der Waals surface area contributed by atoms with Crippen molar-refractivity contribution >= 4 is 50.6 Å². The average Bonchev–Trinajstić information content (AvgIpc) is 3.11. The van der Waals surface area contributed by atoms with E-state index >= 15 is 0 Å². The number of aromatic nitrogens is 1. The lowest BCUT2D eigenvalue weighted by Gasteiger charge is -2.28. The summed E-state index contributed by atoms with van der Waals surface area (Å²) in [4.78, 5) is 19.4. The van der Waals surface area contributed by atoms with Crippen molar-refractivity contribution in [1.82, 2.24) is 4.98 Å². The summed E-state index contributed by atoms with van der Waals surface area (Å²) < 4.78 is 7.45. The van der Waals surface area contributed by atoms with Gasteiger partial charge in [-0.3, -0.25) is 4.79 Å². The smallest absolute Gasteiger partial charge is 0.237 e. The molecule has 4 rings (SSSR count). The second kappa shape index (κ2) is 8.29. The zero-order valence-electron chi connectivity index (χ0n) is 15.1. The summed E-state index contributed by atoms with van der Waals surface area (Å²) in [5.41, 5.74) is 2.96. The van der Waals surface area contributed by atoms with E-state index in [1.807, 2.05) is 49.4 Å². The van der Waals surface area contributed by atoms with Crippen LogP contribution >= 0.6 is 23.1 Å². The highest BCUT2D eigenvalue weighted by Gasteiger charge is 2.17. The van der Waals surface area contributed by atoms with Crippen LogP contribution < -0.4 is 10.2 Å². The first-order valence-corrected chi connectivity index (χ1v) is 10.6. The number of morpholine rings is 1. The second-order valence-electron chi connectivity index (χ2n) is 6.34. The largest absolute Gasteiger partial charge is 0.378 e. The number of ether oxygens (including phenoxy) is 1. The van der Waals surface area contributed by atoms with Crippen LogP contribution in [-0.2, 0) is 9.53 Å². The number of benzene rings is 2. The standard InChI is InChI=1S/C20H21N3O2S2/c1-14(26-20-22-17-4-2-3-5-18(17)27-20)19(24)21-15-6-8-16(9-7-15)23-10-12-25-13-11-23/h2-9,14H,10-13H2,1H3,(H,21,24)/t14-/m0/s1. The summed E-state index contributed by atoms with van der Waals surface area (Å²) in [7, 11) is 0. The van der Waals surface area contributed by atoms with E-state index in [2.05, 4.69) is 21.3 Å². The maximum atomic E-state index is 12.5. The Balaban J connectivity index is 1.36. The van der Waals surface area contributed by atoms with Crippen LogP contribution in [-0.4, -0.2) is 42.4 Å². The Kier molecular flexibility index (Phi) is 5.61. The number of thiazole rings is 1. The van der Waals surface area contributed by atoms with Crippen LogP contribution in [0.1, 0.15) is 6.92 Å². The fourth-order valence-electron chi connectivity index (χ4n) is 2.93. The van der Waals surface area contributed by atoms with E-state index in [1.54, 1.807) is 11.3 Å². The fourth-order valence-corrected chi connectivity index (χ4v) is 5.14. The van der Waals surface area contributed by atoms with Crippen LogP contribution in [0.5, 0.6) is 0 Å². The van der Waals surface area contributed by atoms with E-state index in [0.29, 0.717) is 0 Å². The Bertz CT molecular complexity index is 887. The monoisotopic (exact) mass is 399 g/mol. The minimum atomic E-state index is -0.218. The molecule has 1 aliphatic rings. The van der Waals surface area contributed by atoms with E-state index in [9.17, 15) is 4.79 Å². The number of thioether (sulfide) groups is 1.